The fourth-order valence-electron chi connectivity index (χ4n) is 0.800. The van der Waals surface area contributed by atoms with Crippen LogP contribution < -0.4 is 10.5 Å². The van der Waals surface area contributed by atoms with Gasteiger partial charge in [0.15, 0.2) is 0 Å². The van der Waals surface area contributed by atoms with Crippen LogP contribution in [-0.2, 0) is 5.88 Å². The van der Waals surface area contributed by atoms with Crippen molar-refractivity contribution < 1.29 is 17.9 Å². The Morgan fingerprint density at radius 2 is 2.14 bits per heavy atom. The molecule has 1 heterocycles. The lowest BCUT2D eigenvalue weighted by Crippen LogP contribution is -2.18. The van der Waals surface area contributed by atoms with E-state index in [-0.39, 0.29) is 17.3 Å². The average molecular weight is 227 g/mol. The SMILES string of the molecule is Nc1cc(OC(F)(F)F)c(CCl)cn1. The monoisotopic (exact) mass is 226 g/mol. The predicted molar refractivity (Wildman–Crippen MR) is 44.9 cm³/mol. The summed E-state index contributed by atoms with van der Waals surface area (Å²) in [4.78, 5) is 3.59. The van der Waals surface area contributed by atoms with Gasteiger partial charge in [-0.15, -0.1) is 24.8 Å². The molecule has 0 fully saturated rings. The molecule has 0 aromatic carbocycles. The summed E-state index contributed by atoms with van der Waals surface area (Å²) >= 11 is 5.39. The molecule has 2 N–H and O–H groups in total. The average Bonchev–Trinajstić information content (AvgIpc) is 2.01. The number of ether oxygens (including phenoxy) is 1. The van der Waals surface area contributed by atoms with Crippen molar-refractivity contribution in [2.45, 2.75) is 12.2 Å². The molecule has 0 amide bonds. The van der Waals surface area contributed by atoms with E-state index >= 15 is 0 Å². The maximum absolute atomic E-state index is 11.9. The number of hydrogen-bond donors (Lipinski definition) is 1. The van der Waals surface area contributed by atoms with Crippen molar-refractivity contribution in [2.75, 3.05) is 5.73 Å². The summed E-state index contributed by atoms with van der Waals surface area (Å²) in [6.07, 6.45) is -3.61. The second-order valence-electron chi connectivity index (χ2n) is 2.40. The van der Waals surface area contributed by atoms with Crippen LogP contribution in [0.25, 0.3) is 0 Å². The molecule has 0 saturated heterocycles. The van der Waals surface area contributed by atoms with Crippen LogP contribution in [0.1, 0.15) is 5.56 Å². The minimum absolute atomic E-state index is 0.0573. The van der Waals surface area contributed by atoms with Gasteiger partial charge in [-0.05, 0) is 0 Å². The minimum Gasteiger partial charge on any atom is -0.405 e. The number of nitrogens with two attached hydrogens (primary N) is 1. The molecule has 0 aliphatic carbocycles. The van der Waals surface area contributed by atoms with Gasteiger partial charge in [0.25, 0.3) is 0 Å². The molecule has 1 aromatic rings. The van der Waals surface area contributed by atoms with Crippen molar-refractivity contribution in [3.05, 3.63) is 17.8 Å². The summed E-state index contributed by atoms with van der Waals surface area (Å²) in [5.41, 5.74) is 5.34. The zero-order valence-electron chi connectivity index (χ0n) is 6.81. The quantitative estimate of drug-likeness (QED) is 0.787. The Bertz CT molecular complexity index is 329. The van der Waals surface area contributed by atoms with E-state index in [1.54, 1.807) is 0 Å². The van der Waals surface area contributed by atoms with Gasteiger partial charge in [0.1, 0.15) is 11.6 Å². The Balaban J connectivity index is 2.99. The van der Waals surface area contributed by atoms with Gasteiger partial charge in [-0.2, -0.15) is 0 Å². The lowest BCUT2D eigenvalue weighted by molar-refractivity contribution is -0.274. The van der Waals surface area contributed by atoms with Crippen LogP contribution in [-0.4, -0.2) is 11.3 Å². The van der Waals surface area contributed by atoms with E-state index in [0.29, 0.717) is 0 Å². The summed E-state index contributed by atoms with van der Waals surface area (Å²) in [6.45, 7) is 0. The third kappa shape index (κ3) is 2.95. The van der Waals surface area contributed by atoms with Gasteiger partial charge >= 0.3 is 6.36 Å². The molecule has 0 aliphatic rings. The molecular formula is C7H6ClF3N2O. The van der Waals surface area contributed by atoms with E-state index in [4.69, 9.17) is 17.3 Å². The van der Waals surface area contributed by atoms with Crippen LogP contribution in [0.4, 0.5) is 19.0 Å². The normalized spacial score (nSPS) is 11.4. The van der Waals surface area contributed by atoms with Crippen molar-refractivity contribution in [3.63, 3.8) is 0 Å². The predicted octanol–water partition coefficient (Wildman–Crippen LogP) is 2.30. The first-order valence-corrected chi connectivity index (χ1v) is 4.02. The Morgan fingerprint density at radius 1 is 1.50 bits per heavy atom. The Kier molecular flexibility index (Phi) is 3.05. The Hall–Kier alpha value is -1.17. The highest BCUT2D eigenvalue weighted by Gasteiger charge is 2.32. The fourth-order valence-corrected chi connectivity index (χ4v) is 1.00. The number of nitrogen functional groups attached to an aromatic ring is 1. The highest BCUT2D eigenvalue weighted by atomic mass is 35.5. The van der Waals surface area contributed by atoms with E-state index in [2.05, 4.69) is 9.72 Å². The molecule has 0 aliphatic heterocycles. The number of nitrogens with zero attached hydrogens (tertiary/aromatic N) is 1. The van der Waals surface area contributed by atoms with Crippen LogP contribution in [0, 0.1) is 0 Å². The van der Waals surface area contributed by atoms with E-state index < -0.39 is 12.1 Å². The topological polar surface area (TPSA) is 48.1 Å². The number of halogens is 4. The van der Waals surface area contributed by atoms with Gasteiger partial charge in [-0.25, -0.2) is 4.98 Å². The molecular weight excluding hydrogens is 221 g/mol. The van der Waals surface area contributed by atoms with Crippen LogP contribution in [0.3, 0.4) is 0 Å². The van der Waals surface area contributed by atoms with Gasteiger partial charge in [0, 0.05) is 17.8 Å². The second kappa shape index (κ2) is 3.91. The molecule has 0 radical (unpaired) electrons. The van der Waals surface area contributed by atoms with Gasteiger partial charge in [0.05, 0.1) is 5.88 Å². The molecule has 0 unspecified atom stereocenters. The van der Waals surface area contributed by atoms with Crippen molar-refractivity contribution in [1.82, 2.24) is 4.98 Å². The molecule has 0 saturated carbocycles. The standard InChI is InChI=1S/C7H6ClF3N2O/c8-2-4-3-13-6(12)1-5(4)14-7(9,10)11/h1,3H,2H2,(H2,12,13). The molecule has 1 aromatic heterocycles. The summed E-state index contributed by atoms with van der Waals surface area (Å²) in [5.74, 6) is -0.600. The molecule has 0 spiro atoms. The first-order chi connectivity index (χ1) is 6.42. The smallest absolute Gasteiger partial charge is 0.405 e. The summed E-state index contributed by atoms with van der Waals surface area (Å²) < 4.78 is 39.3. The summed E-state index contributed by atoms with van der Waals surface area (Å²) in [5, 5.41) is 0. The van der Waals surface area contributed by atoms with Gasteiger partial charge in [-0.1, -0.05) is 0 Å². The van der Waals surface area contributed by atoms with Crippen LogP contribution in [0.5, 0.6) is 5.75 Å². The number of alkyl halides is 4. The zero-order chi connectivity index (χ0) is 10.8. The van der Waals surface area contributed by atoms with Crippen molar-refractivity contribution in [3.8, 4) is 5.75 Å². The van der Waals surface area contributed by atoms with Crippen molar-refractivity contribution >= 4 is 17.4 Å². The summed E-state index contributed by atoms with van der Waals surface area (Å²) in [6, 6.07) is 0.977. The van der Waals surface area contributed by atoms with Gasteiger partial charge in [-0.3, -0.25) is 0 Å². The molecule has 1 rings (SSSR count). The fraction of sp³-hybridized carbons (Fsp3) is 0.286. The molecule has 78 valence electrons. The highest BCUT2D eigenvalue weighted by molar-refractivity contribution is 6.17. The van der Waals surface area contributed by atoms with Gasteiger partial charge < -0.3 is 10.5 Å². The van der Waals surface area contributed by atoms with Gasteiger partial charge in [0.2, 0.25) is 0 Å². The lowest BCUT2D eigenvalue weighted by atomic mass is 10.3. The Labute approximate surface area is 82.6 Å². The zero-order valence-corrected chi connectivity index (χ0v) is 7.56. The van der Waals surface area contributed by atoms with Crippen molar-refractivity contribution in [1.29, 1.82) is 0 Å². The Morgan fingerprint density at radius 3 is 2.64 bits per heavy atom. The number of rotatable bonds is 2. The second-order valence-corrected chi connectivity index (χ2v) is 2.67. The molecule has 0 bridgehead atoms. The third-order valence-electron chi connectivity index (χ3n) is 1.33. The maximum Gasteiger partial charge on any atom is 0.573 e. The third-order valence-corrected chi connectivity index (χ3v) is 1.62. The molecule has 7 heteroatoms. The molecule has 0 atom stereocenters. The van der Waals surface area contributed by atoms with Crippen LogP contribution in [0.15, 0.2) is 12.3 Å². The lowest BCUT2D eigenvalue weighted by Gasteiger charge is -2.11. The number of hydrogen-bond acceptors (Lipinski definition) is 3. The molecule has 14 heavy (non-hydrogen) atoms. The van der Waals surface area contributed by atoms with Crippen molar-refractivity contribution in [2.24, 2.45) is 0 Å². The van der Waals surface area contributed by atoms with Crippen LogP contribution in [0.2, 0.25) is 0 Å². The number of aromatic nitrogens is 1. The number of anilines is 1. The number of pyridine rings is 1. The van der Waals surface area contributed by atoms with E-state index in [1.807, 2.05) is 0 Å². The first-order valence-electron chi connectivity index (χ1n) is 3.48. The molecule has 3 nitrogen and oxygen atoms in total. The largest absolute Gasteiger partial charge is 0.573 e. The van der Waals surface area contributed by atoms with E-state index in [0.717, 1.165) is 12.3 Å². The minimum atomic E-state index is -4.76. The highest BCUT2D eigenvalue weighted by Crippen LogP contribution is 2.28. The summed E-state index contributed by atoms with van der Waals surface area (Å²) in [7, 11) is 0. The van der Waals surface area contributed by atoms with E-state index in [9.17, 15) is 13.2 Å². The van der Waals surface area contributed by atoms with E-state index in [1.165, 1.54) is 0 Å². The first kappa shape index (κ1) is 10.9. The van der Waals surface area contributed by atoms with Crippen LogP contribution >= 0.6 is 11.6 Å². The maximum atomic E-state index is 11.9.